The standard InChI is InChI=1S/C22H16F2N2O3S2/c1-3-29-22(28)18-11(2)16(20-25-14-9-4-5-10-15(14)30-20)21(31-18)26-19(27)17-12(23)7-6-8-13(17)24/h4-10H,3H2,1-2H3,(H,26,27). The number of nitrogens with one attached hydrogen (secondary N) is 1. The Hall–Kier alpha value is -3.17. The number of esters is 1. The van der Waals surface area contributed by atoms with Crippen molar-refractivity contribution in [3.8, 4) is 10.6 Å². The van der Waals surface area contributed by atoms with E-state index in [0.717, 1.165) is 33.7 Å². The van der Waals surface area contributed by atoms with Gasteiger partial charge >= 0.3 is 5.97 Å². The zero-order chi connectivity index (χ0) is 22.1. The first-order chi connectivity index (χ1) is 14.9. The van der Waals surface area contributed by atoms with E-state index < -0.39 is 29.1 Å². The number of amides is 1. The molecule has 0 aliphatic rings. The molecule has 158 valence electrons. The van der Waals surface area contributed by atoms with Crippen LogP contribution in [0.3, 0.4) is 0 Å². The average molecular weight is 459 g/mol. The average Bonchev–Trinajstić information content (AvgIpc) is 3.28. The Bertz CT molecular complexity index is 1260. The molecule has 4 rings (SSSR count). The Labute approximate surface area is 184 Å². The number of benzene rings is 2. The van der Waals surface area contributed by atoms with Crippen LogP contribution in [0.25, 0.3) is 20.8 Å². The van der Waals surface area contributed by atoms with Crippen LogP contribution in [0.2, 0.25) is 0 Å². The van der Waals surface area contributed by atoms with Crippen molar-refractivity contribution in [1.29, 1.82) is 0 Å². The van der Waals surface area contributed by atoms with E-state index >= 15 is 0 Å². The van der Waals surface area contributed by atoms with Gasteiger partial charge in [0.2, 0.25) is 0 Å². The largest absolute Gasteiger partial charge is 0.462 e. The van der Waals surface area contributed by atoms with E-state index in [1.165, 1.54) is 17.4 Å². The van der Waals surface area contributed by atoms with Gasteiger partial charge in [-0.15, -0.1) is 22.7 Å². The SMILES string of the molecule is CCOC(=O)c1sc(NC(=O)c2c(F)cccc2F)c(-c2nc3ccccc3s2)c1C. The molecule has 31 heavy (non-hydrogen) atoms. The second-order valence-electron chi connectivity index (χ2n) is 6.52. The van der Waals surface area contributed by atoms with Crippen molar-refractivity contribution in [3.05, 3.63) is 70.1 Å². The Kier molecular flexibility index (Phi) is 5.79. The molecular formula is C22H16F2N2O3S2. The molecule has 0 bridgehead atoms. The molecule has 0 spiro atoms. The highest BCUT2D eigenvalue weighted by molar-refractivity contribution is 7.23. The maximum Gasteiger partial charge on any atom is 0.348 e. The zero-order valence-electron chi connectivity index (χ0n) is 16.5. The van der Waals surface area contributed by atoms with Crippen molar-refractivity contribution < 1.29 is 23.1 Å². The van der Waals surface area contributed by atoms with Gasteiger partial charge in [-0.3, -0.25) is 4.79 Å². The number of hydrogen-bond acceptors (Lipinski definition) is 6. The molecule has 0 aliphatic carbocycles. The molecule has 4 aromatic rings. The number of thiophene rings is 1. The number of anilines is 1. The molecule has 0 aliphatic heterocycles. The quantitative estimate of drug-likeness (QED) is 0.370. The van der Waals surface area contributed by atoms with Gasteiger partial charge in [-0.1, -0.05) is 18.2 Å². The molecule has 2 aromatic heterocycles. The summed E-state index contributed by atoms with van der Waals surface area (Å²) >= 11 is 2.38. The van der Waals surface area contributed by atoms with E-state index in [1.807, 2.05) is 24.3 Å². The summed E-state index contributed by atoms with van der Waals surface area (Å²) in [5, 5.41) is 3.42. The molecule has 0 radical (unpaired) electrons. The zero-order valence-corrected chi connectivity index (χ0v) is 18.1. The Balaban J connectivity index is 1.83. The first kappa shape index (κ1) is 21.1. The van der Waals surface area contributed by atoms with Gasteiger partial charge in [0.05, 0.1) is 16.8 Å². The van der Waals surface area contributed by atoms with E-state index in [0.29, 0.717) is 21.0 Å². The summed E-state index contributed by atoms with van der Waals surface area (Å²) in [6, 6.07) is 10.7. The summed E-state index contributed by atoms with van der Waals surface area (Å²) < 4.78 is 34.2. The second-order valence-corrected chi connectivity index (χ2v) is 8.57. The van der Waals surface area contributed by atoms with E-state index in [2.05, 4.69) is 10.3 Å². The van der Waals surface area contributed by atoms with Crippen LogP contribution in [0.15, 0.2) is 42.5 Å². The highest BCUT2D eigenvalue weighted by Crippen LogP contribution is 2.43. The number of hydrogen-bond donors (Lipinski definition) is 1. The fourth-order valence-corrected chi connectivity index (χ4v) is 5.35. The Morgan fingerprint density at radius 1 is 1.06 bits per heavy atom. The number of nitrogens with zero attached hydrogens (tertiary/aromatic N) is 1. The van der Waals surface area contributed by atoms with Gasteiger partial charge in [-0.05, 0) is 43.7 Å². The minimum Gasteiger partial charge on any atom is -0.462 e. The molecular weight excluding hydrogens is 442 g/mol. The maximum absolute atomic E-state index is 14.1. The smallest absolute Gasteiger partial charge is 0.348 e. The maximum atomic E-state index is 14.1. The van der Waals surface area contributed by atoms with Crippen molar-refractivity contribution in [1.82, 2.24) is 4.98 Å². The number of para-hydroxylation sites is 1. The summed E-state index contributed by atoms with van der Waals surface area (Å²) in [5.74, 6) is -3.43. The van der Waals surface area contributed by atoms with Crippen LogP contribution >= 0.6 is 22.7 Å². The number of thiazole rings is 1. The summed E-state index contributed by atoms with van der Waals surface area (Å²) in [7, 11) is 0. The Morgan fingerprint density at radius 2 is 1.77 bits per heavy atom. The van der Waals surface area contributed by atoms with Crippen LogP contribution in [-0.4, -0.2) is 23.5 Å². The van der Waals surface area contributed by atoms with Gasteiger partial charge in [0.1, 0.15) is 32.1 Å². The van der Waals surface area contributed by atoms with Crippen LogP contribution in [-0.2, 0) is 4.74 Å². The molecule has 0 fully saturated rings. The van der Waals surface area contributed by atoms with Crippen molar-refractivity contribution in [2.24, 2.45) is 0 Å². The molecule has 1 N–H and O–H groups in total. The molecule has 2 aromatic carbocycles. The Morgan fingerprint density at radius 3 is 2.45 bits per heavy atom. The van der Waals surface area contributed by atoms with Crippen molar-refractivity contribution in [3.63, 3.8) is 0 Å². The van der Waals surface area contributed by atoms with Crippen molar-refractivity contribution in [2.75, 3.05) is 11.9 Å². The third-order valence-corrected chi connectivity index (χ3v) is 6.77. The lowest BCUT2D eigenvalue weighted by molar-refractivity contribution is 0.0531. The number of carbonyl (C=O) groups excluding carboxylic acids is 2. The predicted octanol–water partition coefficient (Wildman–Crippen LogP) is 6.04. The molecule has 5 nitrogen and oxygen atoms in total. The lowest BCUT2D eigenvalue weighted by atomic mass is 10.1. The fourth-order valence-electron chi connectivity index (χ4n) is 3.11. The topological polar surface area (TPSA) is 68.3 Å². The molecule has 0 atom stereocenters. The summed E-state index contributed by atoms with van der Waals surface area (Å²) in [5.41, 5.74) is 1.18. The van der Waals surface area contributed by atoms with Gasteiger partial charge in [-0.25, -0.2) is 18.6 Å². The first-order valence-corrected chi connectivity index (χ1v) is 11.0. The molecule has 0 saturated carbocycles. The minimum absolute atomic E-state index is 0.189. The number of halogens is 2. The lowest BCUT2D eigenvalue weighted by Crippen LogP contribution is -2.15. The van der Waals surface area contributed by atoms with Gasteiger partial charge < -0.3 is 10.1 Å². The number of rotatable bonds is 5. The van der Waals surface area contributed by atoms with Gasteiger partial charge in [0.15, 0.2) is 0 Å². The van der Waals surface area contributed by atoms with Gasteiger partial charge in [-0.2, -0.15) is 0 Å². The summed E-state index contributed by atoms with van der Waals surface area (Å²) in [6.45, 7) is 3.61. The second kappa shape index (κ2) is 8.52. The molecule has 0 saturated heterocycles. The van der Waals surface area contributed by atoms with Gasteiger partial charge in [0, 0.05) is 5.56 Å². The number of carbonyl (C=O) groups is 2. The normalized spacial score (nSPS) is 11.0. The molecule has 1 amide bonds. The number of fused-ring (bicyclic) bond motifs is 1. The van der Waals surface area contributed by atoms with Crippen LogP contribution < -0.4 is 5.32 Å². The molecule has 9 heteroatoms. The monoisotopic (exact) mass is 458 g/mol. The minimum atomic E-state index is -0.974. The fraction of sp³-hybridized carbons (Fsp3) is 0.136. The van der Waals surface area contributed by atoms with Crippen LogP contribution in [0.4, 0.5) is 13.8 Å². The summed E-state index contributed by atoms with van der Waals surface area (Å²) in [4.78, 5) is 30.1. The lowest BCUT2D eigenvalue weighted by Gasteiger charge is -2.07. The number of ether oxygens (including phenoxy) is 1. The highest BCUT2D eigenvalue weighted by atomic mass is 32.1. The molecule has 2 heterocycles. The van der Waals surface area contributed by atoms with Crippen molar-refractivity contribution in [2.45, 2.75) is 13.8 Å². The van der Waals surface area contributed by atoms with E-state index in [1.54, 1.807) is 13.8 Å². The third kappa shape index (κ3) is 3.94. The predicted molar refractivity (Wildman–Crippen MR) is 118 cm³/mol. The van der Waals surface area contributed by atoms with Gasteiger partial charge in [0.25, 0.3) is 5.91 Å². The first-order valence-electron chi connectivity index (χ1n) is 9.32. The van der Waals surface area contributed by atoms with E-state index in [9.17, 15) is 18.4 Å². The van der Waals surface area contributed by atoms with Crippen LogP contribution in [0, 0.1) is 18.6 Å². The van der Waals surface area contributed by atoms with E-state index in [4.69, 9.17) is 4.74 Å². The van der Waals surface area contributed by atoms with Crippen LogP contribution in [0.1, 0.15) is 32.5 Å². The summed E-state index contributed by atoms with van der Waals surface area (Å²) in [6.07, 6.45) is 0. The van der Waals surface area contributed by atoms with Crippen LogP contribution in [0.5, 0.6) is 0 Å². The van der Waals surface area contributed by atoms with Crippen molar-refractivity contribution >= 4 is 49.8 Å². The third-order valence-electron chi connectivity index (χ3n) is 4.53. The molecule has 0 unspecified atom stereocenters. The van der Waals surface area contributed by atoms with E-state index in [-0.39, 0.29) is 11.6 Å². The number of aromatic nitrogens is 1. The highest BCUT2D eigenvalue weighted by Gasteiger charge is 2.27.